The van der Waals surface area contributed by atoms with E-state index in [0.29, 0.717) is 11.3 Å². The Morgan fingerprint density at radius 3 is 2.31 bits per heavy atom. The average molecular weight is 737 g/mol. The van der Waals surface area contributed by atoms with Crippen molar-refractivity contribution >= 4 is 63.2 Å². The summed E-state index contributed by atoms with van der Waals surface area (Å²) in [6.45, 7) is 0. The monoisotopic (exact) mass is 736 g/mol. The summed E-state index contributed by atoms with van der Waals surface area (Å²) in [6.07, 6.45) is 2.03. The quantitative estimate of drug-likeness (QED) is 0.0846. The maximum Gasteiger partial charge on any atom is 0.251 e. The molecule has 6 rings (SSSR count). The molecule has 4 amide bonds. The van der Waals surface area contributed by atoms with Gasteiger partial charge < -0.3 is 31.6 Å². The zero-order valence-electron chi connectivity index (χ0n) is 27.9. The van der Waals surface area contributed by atoms with E-state index >= 15 is 0 Å². The second-order valence-corrected chi connectivity index (χ2v) is 15.8. The summed E-state index contributed by atoms with van der Waals surface area (Å²) in [5.74, 6) is -4.29. The number of hydrogen-bond acceptors (Lipinski definition) is 7. The van der Waals surface area contributed by atoms with E-state index in [2.05, 4.69) is 25.9 Å². The lowest BCUT2D eigenvalue weighted by Gasteiger charge is -2.26. The van der Waals surface area contributed by atoms with E-state index < -0.39 is 55.0 Å². The number of imidazole rings is 1. The van der Waals surface area contributed by atoms with Crippen LogP contribution in [0, 0.1) is 0 Å². The summed E-state index contributed by atoms with van der Waals surface area (Å²) in [5.41, 5.74) is 8.00. The van der Waals surface area contributed by atoms with Crippen LogP contribution in [-0.2, 0) is 38.2 Å². The van der Waals surface area contributed by atoms with Crippen molar-refractivity contribution in [3.63, 3.8) is 0 Å². The Labute approximate surface area is 303 Å². The second-order valence-electron chi connectivity index (χ2n) is 12.5. The molecule has 266 valence electrons. The Balaban J connectivity index is 1.19. The number of primary amides is 1. The fourth-order valence-electron chi connectivity index (χ4n) is 5.98. The summed E-state index contributed by atoms with van der Waals surface area (Å²) in [5, 5.41) is 12.5. The van der Waals surface area contributed by atoms with Crippen molar-refractivity contribution in [2.24, 2.45) is 5.73 Å². The van der Waals surface area contributed by atoms with E-state index in [1.54, 1.807) is 48.5 Å². The Morgan fingerprint density at radius 2 is 1.56 bits per heavy atom. The van der Waals surface area contributed by atoms with E-state index in [1.807, 2.05) is 53.9 Å². The smallest absolute Gasteiger partial charge is 0.251 e. The number of benzene rings is 4. The number of amides is 4. The lowest BCUT2D eigenvalue weighted by molar-refractivity contribution is -0.130. The Kier molecular flexibility index (Phi) is 11.2. The first kappa shape index (κ1) is 36.2. The van der Waals surface area contributed by atoms with Gasteiger partial charge in [0, 0.05) is 41.4 Å². The number of aromatic nitrogens is 2. The topological polar surface area (TPSA) is 196 Å². The highest BCUT2D eigenvalue weighted by Gasteiger charge is 2.36. The lowest BCUT2D eigenvalue weighted by atomic mass is 10.0. The molecule has 0 bridgehead atoms. The predicted octanol–water partition coefficient (Wildman–Crippen LogP) is 4.29. The van der Waals surface area contributed by atoms with Crippen LogP contribution in [0.2, 0.25) is 0 Å². The van der Waals surface area contributed by atoms with Gasteiger partial charge >= 0.3 is 0 Å². The van der Waals surface area contributed by atoms with Crippen molar-refractivity contribution in [3.05, 3.63) is 137 Å². The van der Waals surface area contributed by atoms with Crippen LogP contribution < -0.4 is 21.7 Å². The maximum absolute atomic E-state index is 14.0. The maximum atomic E-state index is 14.0. The third-order valence-corrected chi connectivity index (χ3v) is 11.8. The third-order valence-electron chi connectivity index (χ3n) is 8.71. The van der Waals surface area contributed by atoms with Gasteiger partial charge in [-0.2, -0.15) is 0 Å². The molecule has 52 heavy (non-hydrogen) atoms. The Bertz CT molecular complexity index is 2260. The highest BCUT2D eigenvalue weighted by atomic mass is 32.1. The van der Waals surface area contributed by atoms with Crippen LogP contribution in [-0.4, -0.2) is 62.5 Å². The van der Waals surface area contributed by atoms with Crippen molar-refractivity contribution in [3.8, 4) is 0 Å². The van der Waals surface area contributed by atoms with Gasteiger partial charge in [0.15, 0.2) is 0 Å². The molecule has 12 nitrogen and oxygen atoms in total. The fraction of sp³-hybridized carbons (Fsp3) is 0.184. The van der Waals surface area contributed by atoms with Crippen LogP contribution in [0.15, 0.2) is 115 Å². The van der Waals surface area contributed by atoms with E-state index in [-0.39, 0.29) is 24.8 Å². The van der Waals surface area contributed by atoms with Gasteiger partial charge in [0.25, 0.3) is 5.91 Å². The molecule has 0 aliphatic carbocycles. The lowest BCUT2D eigenvalue weighted by Crippen LogP contribution is -2.54. The highest BCUT2D eigenvalue weighted by Crippen LogP contribution is 2.46. The predicted molar refractivity (Wildman–Crippen MR) is 201 cm³/mol. The number of nitrogens with zero attached hydrogens (tertiary/aromatic N) is 1. The molecule has 2 unspecified atom stereocenters. The summed E-state index contributed by atoms with van der Waals surface area (Å²) in [6, 6.07) is 26.8. The first-order valence-electron chi connectivity index (χ1n) is 16.5. The van der Waals surface area contributed by atoms with Crippen molar-refractivity contribution in [1.82, 2.24) is 25.9 Å². The molecule has 4 aromatic carbocycles. The van der Waals surface area contributed by atoms with Crippen LogP contribution in [0.4, 0.5) is 0 Å². The SMILES string of the molecule is NC(=O)[C@H](Cc1csc2ccccc12)NC(=O)[C@H](Cc1cnc[nH]1)NC(=O)CP(=O)(O)C(Cc1ccccc1)NC(=O)c1ccc2ccccc2c1. The molecule has 0 spiro atoms. The van der Waals surface area contributed by atoms with Gasteiger partial charge in [-0.1, -0.05) is 78.9 Å². The van der Waals surface area contributed by atoms with Gasteiger partial charge in [-0.05, 0) is 50.9 Å². The largest absolute Gasteiger partial charge is 0.368 e. The number of nitrogens with two attached hydrogens (primary N) is 1. The van der Waals surface area contributed by atoms with Crippen LogP contribution in [0.5, 0.6) is 0 Å². The molecule has 7 N–H and O–H groups in total. The van der Waals surface area contributed by atoms with Gasteiger partial charge in [-0.25, -0.2) is 4.98 Å². The van der Waals surface area contributed by atoms with E-state index in [9.17, 15) is 28.6 Å². The minimum absolute atomic E-state index is 0.0309. The Morgan fingerprint density at radius 1 is 0.827 bits per heavy atom. The summed E-state index contributed by atoms with van der Waals surface area (Å²) >= 11 is 1.51. The second kappa shape index (κ2) is 16.2. The zero-order valence-corrected chi connectivity index (χ0v) is 29.6. The third kappa shape index (κ3) is 8.99. The van der Waals surface area contributed by atoms with Crippen LogP contribution >= 0.6 is 18.7 Å². The minimum atomic E-state index is -4.48. The number of thiophene rings is 1. The minimum Gasteiger partial charge on any atom is -0.368 e. The number of rotatable bonds is 15. The van der Waals surface area contributed by atoms with Gasteiger partial charge in [0.05, 0.1) is 6.33 Å². The van der Waals surface area contributed by atoms with Crippen molar-refractivity contribution < 1.29 is 28.6 Å². The molecular weight excluding hydrogens is 699 g/mol. The number of fused-ring (bicyclic) bond motifs is 2. The van der Waals surface area contributed by atoms with Crippen molar-refractivity contribution in [2.75, 3.05) is 6.16 Å². The van der Waals surface area contributed by atoms with Gasteiger partial charge in [-0.3, -0.25) is 23.7 Å². The normalized spacial score (nSPS) is 14.2. The molecule has 0 saturated carbocycles. The van der Waals surface area contributed by atoms with Gasteiger partial charge in [0.1, 0.15) is 24.0 Å². The number of H-pyrrole nitrogens is 1. The number of aromatic amines is 1. The van der Waals surface area contributed by atoms with E-state index in [0.717, 1.165) is 26.4 Å². The standard InChI is InChI=1S/C38H37N6O6PS/c39-36(46)31(18-28-22-52-33-13-7-6-12-30(28)33)43-38(48)32(19-29-20-40-23-41-29)42-34(45)21-51(49,50)35(16-24-8-2-1-3-9-24)44-37(47)27-15-14-25-10-4-5-11-26(25)17-27/h1-15,17,20,22-23,31-32,35H,16,18-19,21H2,(H2,39,46)(H,40,41)(H,42,45)(H,43,48)(H,44,47)(H,49,50)/t31-,32-,35?/m0/s1. The van der Waals surface area contributed by atoms with Crippen molar-refractivity contribution in [2.45, 2.75) is 37.1 Å². The molecule has 2 heterocycles. The van der Waals surface area contributed by atoms with Crippen molar-refractivity contribution in [1.29, 1.82) is 0 Å². The number of carbonyl (C=O) groups excluding carboxylic acids is 4. The fourth-order valence-corrected chi connectivity index (χ4v) is 8.50. The number of nitrogens with one attached hydrogen (secondary N) is 4. The molecule has 0 aliphatic rings. The molecule has 0 aliphatic heterocycles. The molecular formula is C38H37N6O6PS. The van der Waals surface area contributed by atoms with E-state index in [4.69, 9.17) is 5.73 Å². The first-order chi connectivity index (χ1) is 25.1. The highest BCUT2D eigenvalue weighted by molar-refractivity contribution is 7.59. The molecule has 4 atom stereocenters. The molecule has 6 aromatic rings. The molecule has 0 radical (unpaired) electrons. The average Bonchev–Trinajstić information content (AvgIpc) is 3.81. The molecule has 14 heteroatoms. The molecule has 0 fully saturated rings. The van der Waals surface area contributed by atoms with Gasteiger partial charge in [-0.15, -0.1) is 11.3 Å². The summed E-state index contributed by atoms with van der Waals surface area (Å²) in [7, 11) is -4.48. The number of hydrogen-bond donors (Lipinski definition) is 6. The van der Waals surface area contributed by atoms with E-state index in [1.165, 1.54) is 23.9 Å². The van der Waals surface area contributed by atoms with Crippen LogP contribution in [0.3, 0.4) is 0 Å². The van der Waals surface area contributed by atoms with Crippen LogP contribution in [0.1, 0.15) is 27.2 Å². The zero-order chi connectivity index (χ0) is 36.7. The molecule has 0 saturated heterocycles. The first-order valence-corrected chi connectivity index (χ1v) is 19.3. The summed E-state index contributed by atoms with van der Waals surface area (Å²) < 4.78 is 15.0. The van der Waals surface area contributed by atoms with Gasteiger partial charge in [0.2, 0.25) is 25.1 Å². The molecule has 2 aromatic heterocycles. The summed E-state index contributed by atoms with van der Waals surface area (Å²) in [4.78, 5) is 71.5. The number of carbonyl (C=O) groups is 4. The Hall–Kier alpha value is -5.62. The van der Waals surface area contributed by atoms with Crippen LogP contribution in [0.25, 0.3) is 20.9 Å².